The first-order valence-electron chi connectivity index (χ1n) is 8.85. The van der Waals surface area contributed by atoms with Crippen LogP contribution in [0.25, 0.3) is 0 Å². The molecule has 1 aromatic carbocycles. The Bertz CT molecular complexity index is 535. The van der Waals surface area contributed by atoms with Crippen LogP contribution >= 0.6 is 0 Å². The summed E-state index contributed by atoms with van der Waals surface area (Å²) < 4.78 is 5.30. The lowest BCUT2D eigenvalue weighted by Gasteiger charge is -2.12. The summed E-state index contributed by atoms with van der Waals surface area (Å²) in [6.07, 6.45) is 1.97. The van der Waals surface area contributed by atoms with E-state index in [0.29, 0.717) is 13.1 Å². The predicted octanol–water partition coefficient (Wildman–Crippen LogP) is 1.49. The molecule has 25 heavy (non-hydrogen) atoms. The number of phenolic OH excluding ortho intramolecular Hbond substituents is 1. The molecule has 0 aliphatic rings. The molecule has 0 heterocycles. The number of aromatic hydroxyl groups is 1. The molecule has 7 heteroatoms. The Balaban J connectivity index is 2.28. The zero-order valence-corrected chi connectivity index (χ0v) is 15.2. The van der Waals surface area contributed by atoms with Crippen molar-refractivity contribution in [3.8, 4) is 5.75 Å². The molecule has 0 aliphatic heterocycles. The third-order valence-corrected chi connectivity index (χ3v) is 3.37. The van der Waals surface area contributed by atoms with Gasteiger partial charge in [-0.25, -0.2) is 0 Å². The van der Waals surface area contributed by atoms with Gasteiger partial charge in [0.1, 0.15) is 5.75 Å². The maximum Gasteiger partial charge on any atom is 0.255 e. The van der Waals surface area contributed by atoms with E-state index in [4.69, 9.17) is 4.74 Å². The van der Waals surface area contributed by atoms with Crippen molar-refractivity contribution in [3.63, 3.8) is 0 Å². The number of ether oxygens (including phenoxy) is 1. The molecule has 1 amide bonds. The van der Waals surface area contributed by atoms with Crippen LogP contribution < -0.4 is 16.0 Å². The predicted molar refractivity (Wildman–Crippen MR) is 100 cm³/mol. The highest BCUT2D eigenvalue weighted by molar-refractivity contribution is 5.96. The smallest absolute Gasteiger partial charge is 0.255 e. The first kappa shape index (κ1) is 20.8. The third-order valence-electron chi connectivity index (χ3n) is 3.37. The van der Waals surface area contributed by atoms with E-state index in [0.717, 1.165) is 45.1 Å². The monoisotopic (exact) mass is 350 g/mol. The highest BCUT2D eigenvalue weighted by atomic mass is 16.5. The summed E-state index contributed by atoms with van der Waals surface area (Å²) in [6.45, 7) is 8.00. The van der Waals surface area contributed by atoms with Crippen LogP contribution in [-0.4, -0.2) is 56.4 Å². The molecule has 0 bridgehead atoms. The molecule has 0 spiro atoms. The molecule has 1 rings (SSSR count). The summed E-state index contributed by atoms with van der Waals surface area (Å²) in [7, 11) is 0. The topological polar surface area (TPSA) is 95.0 Å². The number of carbonyl (C=O) groups excluding carboxylic acids is 1. The molecular weight excluding hydrogens is 320 g/mol. The third kappa shape index (κ3) is 8.95. The number of carbonyl (C=O) groups is 1. The Kier molecular flexibility index (Phi) is 10.8. The van der Waals surface area contributed by atoms with Crippen LogP contribution in [0.1, 0.15) is 37.0 Å². The Morgan fingerprint density at radius 2 is 1.88 bits per heavy atom. The second kappa shape index (κ2) is 13.1. The number of unbranched alkanes of at least 4 members (excludes halogenated alkanes) is 1. The van der Waals surface area contributed by atoms with E-state index in [-0.39, 0.29) is 17.2 Å². The van der Waals surface area contributed by atoms with Gasteiger partial charge in [-0.2, -0.15) is 0 Å². The average Bonchev–Trinajstić information content (AvgIpc) is 2.61. The fourth-order valence-corrected chi connectivity index (χ4v) is 2.11. The maximum atomic E-state index is 12.0. The van der Waals surface area contributed by atoms with Crippen LogP contribution in [-0.2, 0) is 4.74 Å². The highest BCUT2D eigenvalue weighted by Crippen LogP contribution is 2.14. The van der Waals surface area contributed by atoms with Gasteiger partial charge in [0, 0.05) is 39.4 Å². The van der Waals surface area contributed by atoms with E-state index in [1.807, 2.05) is 13.8 Å². The number of hydrogen-bond donors (Lipinski definition) is 4. The summed E-state index contributed by atoms with van der Waals surface area (Å²) >= 11 is 0. The molecular formula is C18H30N4O3. The number of benzene rings is 1. The lowest BCUT2D eigenvalue weighted by atomic mass is 10.2. The highest BCUT2D eigenvalue weighted by Gasteiger charge is 2.08. The minimum absolute atomic E-state index is 0.0186. The molecule has 0 saturated heterocycles. The summed E-state index contributed by atoms with van der Waals surface area (Å²) in [5.41, 5.74) is 0.275. The number of amides is 1. The van der Waals surface area contributed by atoms with E-state index >= 15 is 0 Å². The summed E-state index contributed by atoms with van der Waals surface area (Å²) in [4.78, 5) is 16.5. The van der Waals surface area contributed by atoms with Crippen molar-refractivity contribution in [1.82, 2.24) is 16.0 Å². The Morgan fingerprint density at radius 1 is 1.12 bits per heavy atom. The maximum absolute atomic E-state index is 12.0. The largest absolute Gasteiger partial charge is 0.507 e. The normalized spacial score (nSPS) is 11.2. The molecule has 140 valence electrons. The van der Waals surface area contributed by atoms with Crippen LogP contribution in [0.5, 0.6) is 5.75 Å². The van der Waals surface area contributed by atoms with Crippen molar-refractivity contribution in [2.24, 2.45) is 4.99 Å². The van der Waals surface area contributed by atoms with E-state index in [1.165, 1.54) is 6.07 Å². The number of aliphatic imine (C=N–C) groups is 1. The molecule has 0 radical (unpaired) electrons. The lowest BCUT2D eigenvalue weighted by Crippen LogP contribution is -2.41. The van der Waals surface area contributed by atoms with Gasteiger partial charge in [0.25, 0.3) is 5.91 Å². The minimum atomic E-state index is -0.294. The second-order valence-corrected chi connectivity index (χ2v) is 5.36. The van der Waals surface area contributed by atoms with Gasteiger partial charge in [0.05, 0.1) is 5.56 Å². The molecule has 7 nitrogen and oxygen atoms in total. The van der Waals surface area contributed by atoms with Gasteiger partial charge >= 0.3 is 0 Å². The number of nitrogens with zero attached hydrogens (tertiary/aromatic N) is 1. The molecule has 0 atom stereocenters. The quantitative estimate of drug-likeness (QED) is 0.276. The van der Waals surface area contributed by atoms with Gasteiger partial charge in [-0.1, -0.05) is 12.1 Å². The SMILES string of the molecule is CCNC(=NCCCCOCC)NCCNC(=O)c1ccccc1O. The Morgan fingerprint density at radius 3 is 2.60 bits per heavy atom. The number of phenols is 1. The fourth-order valence-electron chi connectivity index (χ4n) is 2.11. The van der Waals surface area contributed by atoms with E-state index in [2.05, 4.69) is 20.9 Å². The molecule has 0 aromatic heterocycles. The van der Waals surface area contributed by atoms with Crippen molar-refractivity contribution in [3.05, 3.63) is 29.8 Å². The molecule has 1 aromatic rings. The van der Waals surface area contributed by atoms with Crippen LogP contribution in [0.15, 0.2) is 29.3 Å². The van der Waals surface area contributed by atoms with E-state index in [1.54, 1.807) is 18.2 Å². The second-order valence-electron chi connectivity index (χ2n) is 5.36. The number of hydrogen-bond acceptors (Lipinski definition) is 4. The summed E-state index contributed by atoms with van der Waals surface area (Å²) in [5, 5.41) is 18.8. The Labute approximate surface area is 149 Å². The zero-order valence-electron chi connectivity index (χ0n) is 15.2. The van der Waals surface area contributed by atoms with Crippen molar-refractivity contribution < 1.29 is 14.6 Å². The Hall–Kier alpha value is -2.28. The van der Waals surface area contributed by atoms with Gasteiger partial charge in [0.2, 0.25) is 0 Å². The molecule has 0 fully saturated rings. The number of para-hydroxylation sites is 1. The van der Waals surface area contributed by atoms with Crippen molar-refractivity contribution >= 4 is 11.9 Å². The standard InChI is InChI=1S/C18H30N4O3/c1-3-19-18(21-11-7-8-14-25-4-2)22-13-12-20-17(24)15-9-5-6-10-16(15)23/h5-6,9-10,23H,3-4,7-8,11-14H2,1-2H3,(H,20,24)(H2,19,21,22). The van der Waals surface area contributed by atoms with Gasteiger partial charge in [0.15, 0.2) is 5.96 Å². The van der Waals surface area contributed by atoms with Crippen molar-refractivity contribution in [2.75, 3.05) is 39.4 Å². The van der Waals surface area contributed by atoms with Crippen LogP contribution in [0.2, 0.25) is 0 Å². The fraction of sp³-hybridized carbons (Fsp3) is 0.556. The molecule has 0 saturated carbocycles. The zero-order chi connectivity index (χ0) is 18.3. The minimum Gasteiger partial charge on any atom is -0.507 e. The van der Waals surface area contributed by atoms with Crippen LogP contribution in [0.4, 0.5) is 0 Å². The van der Waals surface area contributed by atoms with Crippen LogP contribution in [0.3, 0.4) is 0 Å². The van der Waals surface area contributed by atoms with Gasteiger partial charge in [-0.3, -0.25) is 9.79 Å². The number of nitrogens with one attached hydrogen (secondary N) is 3. The van der Waals surface area contributed by atoms with E-state index in [9.17, 15) is 9.90 Å². The van der Waals surface area contributed by atoms with Crippen molar-refractivity contribution in [1.29, 1.82) is 0 Å². The summed E-state index contributed by atoms with van der Waals surface area (Å²) in [6, 6.07) is 6.48. The van der Waals surface area contributed by atoms with Gasteiger partial charge in [-0.15, -0.1) is 0 Å². The van der Waals surface area contributed by atoms with E-state index < -0.39 is 0 Å². The first-order valence-corrected chi connectivity index (χ1v) is 8.85. The van der Waals surface area contributed by atoms with Gasteiger partial charge in [-0.05, 0) is 38.8 Å². The average molecular weight is 350 g/mol. The number of rotatable bonds is 11. The lowest BCUT2D eigenvalue weighted by molar-refractivity contribution is 0.0951. The molecule has 0 aliphatic carbocycles. The van der Waals surface area contributed by atoms with Crippen LogP contribution in [0, 0.1) is 0 Å². The molecule has 4 N–H and O–H groups in total. The van der Waals surface area contributed by atoms with Gasteiger partial charge < -0.3 is 25.8 Å². The molecule has 0 unspecified atom stereocenters. The summed E-state index contributed by atoms with van der Waals surface area (Å²) in [5.74, 6) is 0.420. The first-order chi connectivity index (χ1) is 12.2. The number of guanidine groups is 1. The van der Waals surface area contributed by atoms with Crippen molar-refractivity contribution in [2.45, 2.75) is 26.7 Å².